The Balaban J connectivity index is 2.15. The van der Waals surface area contributed by atoms with E-state index in [9.17, 15) is 14.9 Å². The normalized spacial score (nSPS) is 10.4. The number of esters is 1. The Bertz CT molecular complexity index is 690. The van der Waals surface area contributed by atoms with E-state index < -0.39 is 10.9 Å². The molecule has 0 aliphatic rings. The largest absolute Gasteiger partial charge is 0.459 e. The molecule has 2 aromatic rings. The Morgan fingerprint density at radius 1 is 1.52 bits per heavy atom. The Labute approximate surface area is 136 Å². The molecule has 8 nitrogen and oxygen atoms in total. The summed E-state index contributed by atoms with van der Waals surface area (Å²) in [5.74, 6) is -0.911. The average molecular weight is 421 g/mol. The molecule has 0 spiro atoms. The van der Waals surface area contributed by atoms with Gasteiger partial charge in [0.05, 0.1) is 11.5 Å². The lowest BCUT2D eigenvalue weighted by atomic mass is 10.3. The third kappa shape index (κ3) is 3.91. The summed E-state index contributed by atoms with van der Waals surface area (Å²) in [6.07, 6.45) is 0. The molecule has 0 saturated heterocycles. The topological polar surface area (TPSA) is 108 Å². The Kier molecular flexibility index (Phi) is 5.12. The summed E-state index contributed by atoms with van der Waals surface area (Å²) in [6.45, 7) is 1.88. The van der Waals surface area contributed by atoms with Crippen molar-refractivity contribution in [3.8, 4) is 0 Å². The number of nitro benzene ring substituents is 1. The summed E-state index contributed by atoms with van der Waals surface area (Å²) in [5, 5.41) is 18.1. The van der Waals surface area contributed by atoms with E-state index in [0.717, 1.165) is 11.8 Å². The van der Waals surface area contributed by atoms with Gasteiger partial charge in [-0.15, -0.1) is 5.10 Å². The van der Waals surface area contributed by atoms with E-state index in [1.807, 2.05) is 22.6 Å². The van der Waals surface area contributed by atoms with Crippen LogP contribution < -0.4 is 0 Å². The molecule has 0 amide bonds. The Morgan fingerprint density at radius 2 is 2.29 bits per heavy atom. The molecular weight excluding hydrogens is 413 g/mol. The fourth-order valence-electron chi connectivity index (χ4n) is 1.31. The van der Waals surface area contributed by atoms with Crippen molar-refractivity contribution in [1.82, 2.24) is 10.2 Å². The number of ether oxygens (including phenoxy) is 1. The highest BCUT2D eigenvalue weighted by Crippen LogP contribution is 2.32. The quantitative estimate of drug-likeness (QED) is 0.314. The highest BCUT2D eigenvalue weighted by molar-refractivity contribution is 14.1. The standard InChI is InChI=1S/C11H8IN3O5S/c1-2-19-10(16)9-13-14-11(20-9)21-8-4-3-6(15(17)18)5-7(8)12/h3-5H,2H2,1H3. The highest BCUT2D eigenvalue weighted by Gasteiger charge is 2.18. The first-order valence-electron chi connectivity index (χ1n) is 5.63. The van der Waals surface area contributed by atoms with Crippen molar-refractivity contribution in [2.24, 2.45) is 0 Å². The van der Waals surface area contributed by atoms with Crippen LogP contribution in [0.25, 0.3) is 0 Å². The third-order valence-electron chi connectivity index (χ3n) is 2.18. The van der Waals surface area contributed by atoms with E-state index in [4.69, 9.17) is 9.15 Å². The zero-order valence-electron chi connectivity index (χ0n) is 10.6. The average Bonchev–Trinajstić information content (AvgIpc) is 2.90. The summed E-state index contributed by atoms with van der Waals surface area (Å²) in [6, 6.07) is 4.40. The molecule has 0 saturated carbocycles. The van der Waals surface area contributed by atoms with Crippen molar-refractivity contribution in [1.29, 1.82) is 0 Å². The monoisotopic (exact) mass is 421 g/mol. The van der Waals surface area contributed by atoms with Gasteiger partial charge in [0.2, 0.25) is 0 Å². The lowest BCUT2D eigenvalue weighted by Crippen LogP contribution is -2.04. The number of benzene rings is 1. The fourth-order valence-corrected chi connectivity index (χ4v) is 2.82. The molecule has 1 aromatic heterocycles. The van der Waals surface area contributed by atoms with Crippen LogP contribution in [0, 0.1) is 13.7 Å². The molecular formula is C11H8IN3O5S. The van der Waals surface area contributed by atoms with Crippen LogP contribution in [0.3, 0.4) is 0 Å². The lowest BCUT2D eigenvalue weighted by molar-refractivity contribution is -0.385. The molecule has 2 rings (SSSR count). The minimum Gasteiger partial charge on any atom is -0.459 e. The number of hydrogen-bond acceptors (Lipinski definition) is 8. The van der Waals surface area contributed by atoms with Crippen LogP contribution in [-0.2, 0) is 4.74 Å². The number of rotatable bonds is 5. The molecule has 10 heteroatoms. The number of nitrogens with zero attached hydrogens (tertiary/aromatic N) is 3. The summed E-state index contributed by atoms with van der Waals surface area (Å²) in [7, 11) is 0. The molecule has 0 radical (unpaired) electrons. The van der Waals surface area contributed by atoms with Crippen molar-refractivity contribution in [3.63, 3.8) is 0 Å². The van der Waals surface area contributed by atoms with E-state index in [2.05, 4.69) is 10.2 Å². The molecule has 0 unspecified atom stereocenters. The van der Waals surface area contributed by atoms with Crippen LogP contribution >= 0.6 is 34.4 Å². The van der Waals surface area contributed by atoms with Gasteiger partial charge in [-0.25, -0.2) is 4.79 Å². The van der Waals surface area contributed by atoms with Crippen LogP contribution in [0.4, 0.5) is 5.69 Å². The summed E-state index contributed by atoms with van der Waals surface area (Å²) in [5.41, 5.74) is 0.00138. The van der Waals surface area contributed by atoms with Crippen LogP contribution in [0.2, 0.25) is 0 Å². The number of nitro groups is 1. The van der Waals surface area contributed by atoms with Gasteiger partial charge >= 0.3 is 11.9 Å². The van der Waals surface area contributed by atoms with Gasteiger partial charge in [0.15, 0.2) is 0 Å². The van der Waals surface area contributed by atoms with Crippen LogP contribution in [-0.4, -0.2) is 27.7 Å². The number of hydrogen-bond donors (Lipinski definition) is 0. The minimum atomic E-state index is -0.685. The number of non-ortho nitro benzene ring substituents is 1. The summed E-state index contributed by atoms with van der Waals surface area (Å²) >= 11 is 3.09. The van der Waals surface area contributed by atoms with Crippen molar-refractivity contribution in [3.05, 3.63) is 37.8 Å². The highest BCUT2D eigenvalue weighted by atomic mass is 127. The fraction of sp³-hybridized carbons (Fsp3) is 0.182. The lowest BCUT2D eigenvalue weighted by Gasteiger charge is -2.00. The molecule has 0 fully saturated rings. The second-order valence-electron chi connectivity index (χ2n) is 3.57. The number of halogens is 1. The van der Waals surface area contributed by atoms with E-state index in [1.54, 1.807) is 13.0 Å². The zero-order valence-corrected chi connectivity index (χ0v) is 13.6. The predicted molar refractivity (Wildman–Crippen MR) is 80.2 cm³/mol. The number of carbonyl (C=O) groups is 1. The first-order chi connectivity index (χ1) is 10.0. The van der Waals surface area contributed by atoms with Gasteiger partial charge in [-0.1, -0.05) is 5.10 Å². The molecule has 110 valence electrons. The Morgan fingerprint density at radius 3 is 2.90 bits per heavy atom. The summed E-state index contributed by atoms with van der Waals surface area (Å²) < 4.78 is 10.6. The smallest absolute Gasteiger partial charge is 0.396 e. The zero-order chi connectivity index (χ0) is 15.4. The molecule has 0 atom stereocenters. The maximum atomic E-state index is 11.4. The van der Waals surface area contributed by atoms with Gasteiger partial charge in [-0.05, 0) is 47.3 Å². The SMILES string of the molecule is CCOC(=O)c1nnc(Sc2ccc([N+](=O)[O-])cc2I)o1. The van der Waals surface area contributed by atoms with Crippen LogP contribution in [0.1, 0.15) is 17.6 Å². The van der Waals surface area contributed by atoms with E-state index in [1.165, 1.54) is 12.1 Å². The van der Waals surface area contributed by atoms with E-state index in [0.29, 0.717) is 8.47 Å². The van der Waals surface area contributed by atoms with Gasteiger partial charge < -0.3 is 9.15 Å². The van der Waals surface area contributed by atoms with Crippen LogP contribution in [0.15, 0.2) is 32.7 Å². The molecule has 0 aliphatic carbocycles. The van der Waals surface area contributed by atoms with Crippen molar-refractivity contribution in [2.75, 3.05) is 6.61 Å². The Hall–Kier alpha value is -1.69. The molecule has 1 aromatic carbocycles. The van der Waals surface area contributed by atoms with Gasteiger partial charge in [0, 0.05) is 20.6 Å². The van der Waals surface area contributed by atoms with Crippen molar-refractivity contribution >= 4 is 46.0 Å². The minimum absolute atomic E-state index is 0.00138. The molecule has 0 N–H and O–H groups in total. The maximum absolute atomic E-state index is 11.4. The van der Waals surface area contributed by atoms with Crippen molar-refractivity contribution in [2.45, 2.75) is 17.0 Å². The number of aromatic nitrogens is 2. The van der Waals surface area contributed by atoms with E-state index >= 15 is 0 Å². The van der Waals surface area contributed by atoms with Crippen LogP contribution in [0.5, 0.6) is 0 Å². The predicted octanol–water partition coefficient (Wildman–Crippen LogP) is 2.91. The second-order valence-corrected chi connectivity index (χ2v) is 5.72. The second kappa shape index (κ2) is 6.85. The van der Waals surface area contributed by atoms with Crippen molar-refractivity contribution < 1.29 is 18.9 Å². The third-order valence-corrected chi connectivity index (χ3v) is 4.35. The molecule has 0 aliphatic heterocycles. The number of carbonyl (C=O) groups excluding carboxylic acids is 1. The van der Waals surface area contributed by atoms with E-state index in [-0.39, 0.29) is 23.4 Å². The summed E-state index contributed by atoms with van der Waals surface area (Å²) in [4.78, 5) is 22.3. The maximum Gasteiger partial charge on any atom is 0.396 e. The molecule has 1 heterocycles. The molecule has 0 bridgehead atoms. The first-order valence-corrected chi connectivity index (χ1v) is 7.53. The first kappa shape index (κ1) is 15.7. The van der Waals surface area contributed by atoms with Gasteiger partial charge in [-0.3, -0.25) is 10.1 Å². The van der Waals surface area contributed by atoms with Gasteiger partial charge in [-0.2, -0.15) is 0 Å². The molecule has 21 heavy (non-hydrogen) atoms. The van der Waals surface area contributed by atoms with Gasteiger partial charge in [0.1, 0.15) is 0 Å². The van der Waals surface area contributed by atoms with Gasteiger partial charge in [0.25, 0.3) is 10.9 Å².